The molecule has 3 aliphatic rings. The number of amides is 1. The summed E-state index contributed by atoms with van der Waals surface area (Å²) in [5.74, 6) is 0.646. The van der Waals surface area contributed by atoms with Crippen molar-refractivity contribution in [2.24, 2.45) is 0 Å². The lowest BCUT2D eigenvalue weighted by atomic mass is 10.0. The summed E-state index contributed by atoms with van der Waals surface area (Å²) in [5, 5.41) is 8.82. The number of hydrogen-bond acceptors (Lipinski definition) is 5. The maximum atomic E-state index is 13.4. The topological polar surface area (TPSA) is 71.8 Å². The molecule has 0 spiro atoms. The molecule has 2 fully saturated rings. The number of benzene rings is 1. The Bertz CT molecular complexity index is 1180. The van der Waals surface area contributed by atoms with Crippen molar-refractivity contribution in [3.05, 3.63) is 58.0 Å². The zero-order valence-corrected chi connectivity index (χ0v) is 18.1. The quantitative estimate of drug-likeness (QED) is 0.678. The van der Waals surface area contributed by atoms with Crippen LogP contribution in [0.1, 0.15) is 53.0 Å². The van der Waals surface area contributed by atoms with E-state index in [4.69, 9.17) is 16.3 Å². The molecule has 3 aliphatic heterocycles. The van der Waals surface area contributed by atoms with E-state index in [1.165, 1.54) is 12.8 Å². The predicted molar refractivity (Wildman–Crippen MR) is 116 cm³/mol. The highest BCUT2D eigenvalue weighted by molar-refractivity contribution is 6.31. The first-order valence-corrected chi connectivity index (χ1v) is 11.3. The fourth-order valence-electron chi connectivity index (χ4n) is 5.18. The van der Waals surface area contributed by atoms with Crippen LogP contribution in [0.25, 0.3) is 5.65 Å². The summed E-state index contributed by atoms with van der Waals surface area (Å²) in [5.41, 5.74) is 4.00. The third kappa shape index (κ3) is 3.27. The van der Waals surface area contributed by atoms with E-state index in [1.54, 1.807) is 10.7 Å². The molecular formula is C23H24ClN5O2. The van der Waals surface area contributed by atoms with Gasteiger partial charge in [0.2, 0.25) is 0 Å². The summed E-state index contributed by atoms with van der Waals surface area (Å²) < 4.78 is 8.08. The third-order valence-corrected chi connectivity index (χ3v) is 7.11. The van der Waals surface area contributed by atoms with E-state index in [0.29, 0.717) is 41.5 Å². The van der Waals surface area contributed by atoms with Gasteiger partial charge in [0.15, 0.2) is 5.65 Å². The normalized spacial score (nSPS) is 24.6. The fourth-order valence-corrected chi connectivity index (χ4v) is 5.32. The summed E-state index contributed by atoms with van der Waals surface area (Å²) in [6.07, 6.45) is 6.37. The first kappa shape index (κ1) is 19.1. The van der Waals surface area contributed by atoms with Crippen LogP contribution in [0.4, 0.5) is 0 Å². The predicted octanol–water partition coefficient (Wildman–Crippen LogP) is 3.51. The number of aryl methyl sites for hydroxylation is 1. The van der Waals surface area contributed by atoms with Crippen molar-refractivity contribution in [2.75, 3.05) is 0 Å². The van der Waals surface area contributed by atoms with Crippen molar-refractivity contribution in [3.8, 4) is 5.75 Å². The van der Waals surface area contributed by atoms with Crippen LogP contribution < -0.4 is 10.1 Å². The van der Waals surface area contributed by atoms with E-state index < -0.39 is 0 Å². The minimum atomic E-state index is -0.0330. The van der Waals surface area contributed by atoms with Crippen LogP contribution in [0, 0.1) is 6.92 Å². The number of piperidine rings is 1. The Morgan fingerprint density at radius 2 is 1.97 bits per heavy atom. The standard InChI is InChI=1S/C23H24ClN5O2/c1-13-19(24)11-29-22(25-13)18-10-28(12-20(18)27-29)23(30)17-4-2-3-5-21(17)31-16-8-14-6-7-15(9-16)26-14/h2-5,11,14-16,26H,6-10,12H2,1H3/t14-,15+,16+. The van der Waals surface area contributed by atoms with Gasteiger partial charge in [0.1, 0.15) is 11.9 Å². The number of rotatable bonds is 3. The smallest absolute Gasteiger partial charge is 0.258 e. The Morgan fingerprint density at radius 3 is 2.77 bits per heavy atom. The lowest BCUT2D eigenvalue weighted by Gasteiger charge is -2.30. The van der Waals surface area contributed by atoms with Crippen LogP contribution in [-0.2, 0) is 13.1 Å². The van der Waals surface area contributed by atoms with Crippen molar-refractivity contribution in [1.82, 2.24) is 24.8 Å². The molecule has 0 saturated carbocycles. The van der Waals surface area contributed by atoms with E-state index in [1.807, 2.05) is 36.1 Å². The Kier molecular flexibility index (Phi) is 4.43. The molecule has 3 atom stereocenters. The highest BCUT2D eigenvalue weighted by Gasteiger charge is 2.36. The molecule has 160 valence electrons. The largest absolute Gasteiger partial charge is 0.489 e. The van der Waals surface area contributed by atoms with Crippen LogP contribution in [0.3, 0.4) is 0 Å². The van der Waals surface area contributed by atoms with Crippen LogP contribution in [0.2, 0.25) is 5.02 Å². The number of carbonyl (C=O) groups excluding carboxylic acids is 1. The van der Waals surface area contributed by atoms with Crippen molar-refractivity contribution in [3.63, 3.8) is 0 Å². The molecule has 2 saturated heterocycles. The number of fused-ring (bicyclic) bond motifs is 5. The van der Waals surface area contributed by atoms with Crippen LogP contribution in [-0.4, -0.2) is 43.6 Å². The molecule has 1 aromatic carbocycles. The zero-order valence-electron chi connectivity index (χ0n) is 17.3. The highest BCUT2D eigenvalue weighted by atomic mass is 35.5. The fraction of sp³-hybridized carbons (Fsp3) is 0.435. The Hall–Kier alpha value is -2.64. The van der Waals surface area contributed by atoms with Gasteiger partial charge < -0.3 is 15.0 Å². The maximum absolute atomic E-state index is 13.4. The number of nitrogens with one attached hydrogen (secondary N) is 1. The van der Waals surface area contributed by atoms with Gasteiger partial charge in [0.25, 0.3) is 5.91 Å². The van der Waals surface area contributed by atoms with Crippen LogP contribution >= 0.6 is 11.6 Å². The monoisotopic (exact) mass is 437 g/mol. The molecule has 2 aromatic heterocycles. The molecule has 5 heterocycles. The van der Waals surface area contributed by atoms with Gasteiger partial charge in [0, 0.05) is 17.6 Å². The molecule has 1 amide bonds. The molecule has 0 unspecified atom stereocenters. The molecule has 0 radical (unpaired) electrons. The van der Waals surface area contributed by atoms with Gasteiger partial charge in [-0.1, -0.05) is 23.7 Å². The van der Waals surface area contributed by atoms with E-state index in [2.05, 4.69) is 15.4 Å². The van der Waals surface area contributed by atoms with Crippen molar-refractivity contribution >= 4 is 23.2 Å². The number of para-hydroxylation sites is 1. The van der Waals surface area contributed by atoms with Gasteiger partial charge in [-0.25, -0.2) is 9.50 Å². The van der Waals surface area contributed by atoms with Crippen molar-refractivity contribution < 1.29 is 9.53 Å². The number of aromatic nitrogens is 3. The first-order valence-electron chi connectivity index (χ1n) is 10.9. The number of hydrogen-bond donors (Lipinski definition) is 1. The maximum Gasteiger partial charge on any atom is 0.258 e. The number of nitrogens with zero attached hydrogens (tertiary/aromatic N) is 4. The molecule has 2 bridgehead atoms. The molecule has 6 rings (SSSR count). The minimum absolute atomic E-state index is 0.0330. The Morgan fingerprint density at radius 1 is 1.19 bits per heavy atom. The van der Waals surface area contributed by atoms with Crippen molar-refractivity contribution in [1.29, 1.82) is 0 Å². The van der Waals surface area contributed by atoms with E-state index in [0.717, 1.165) is 35.4 Å². The van der Waals surface area contributed by atoms with Crippen LogP contribution in [0.5, 0.6) is 5.75 Å². The van der Waals surface area contributed by atoms with E-state index in [-0.39, 0.29) is 12.0 Å². The summed E-state index contributed by atoms with van der Waals surface area (Å²) in [7, 11) is 0. The Labute approximate surface area is 185 Å². The molecule has 31 heavy (non-hydrogen) atoms. The second-order valence-electron chi connectivity index (χ2n) is 8.87. The van der Waals surface area contributed by atoms with Crippen LogP contribution in [0.15, 0.2) is 30.5 Å². The second kappa shape index (κ2) is 7.21. The molecule has 3 aromatic rings. The summed E-state index contributed by atoms with van der Waals surface area (Å²) in [6, 6.07) is 8.69. The summed E-state index contributed by atoms with van der Waals surface area (Å²) >= 11 is 6.18. The van der Waals surface area contributed by atoms with Gasteiger partial charge >= 0.3 is 0 Å². The van der Waals surface area contributed by atoms with Gasteiger partial charge in [-0.2, -0.15) is 5.10 Å². The zero-order chi connectivity index (χ0) is 21.1. The van der Waals surface area contributed by atoms with Gasteiger partial charge in [-0.3, -0.25) is 4.79 Å². The first-order chi connectivity index (χ1) is 15.0. The highest BCUT2D eigenvalue weighted by Crippen LogP contribution is 2.33. The lowest BCUT2D eigenvalue weighted by molar-refractivity contribution is 0.0737. The minimum Gasteiger partial charge on any atom is -0.489 e. The third-order valence-electron chi connectivity index (χ3n) is 6.74. The molecular weight excluding hydrogens is 414 g/mol. The van der Waals surface area contributed by atoms with Crippen molar-refractivity contribution in [2.45, 2.75) is 63.9 Å². The van der Waals surface area contributed by atoms with E-state index in [9.17, 15) is 4.79 Å². The number of carbonyl (C=O) groups is 1. The molecule has 8 heteroatoms. The van der Waals surface area contributed by atoms with Gasteiger partial charge in [-0.05, 0) is 44.7 Å². The summed E-state index contributed by atoms with van der Waals surface area (Å²) in [4.78, 5) is 19.8. The average molecular weight is 438 g/mol. The summed E-state index contributed by atoms with van der Waals surface area (Å²) in [6.45, 7) is 2.82. The number of halogens is 1. The molecule has 1 N–H and O–H groups in total. The van der Waals surface area contributed by atoms with Gasteiger partial charge in [-0.15, -0.1) is 0 Å². The SMILES string of the molecule is Cc1nc2c3c(nn2cc1Cl)CN(C(=O)c1ccccc1O[C@H]1C[C@H]2CC[C@@H](C1)N2)C3. The molecule has 7 nitrogen and oxygen atoms in total. The lowest BCUT2D eigenvalue weighted by Crippen LogP contribution is -2.42. The Balaban J connectivity index is 1.24. The van der Waals surface area contributed by atoms with E-state index >= 15 is 0 Å². The molecule has 0 aliphatic carbocycles. The number of ether oxygens (including phenoxy) is 1. The van der Waals surface area contributed by atoms with Gasteiger partial charge in [0.05, 0.1) is 41.3 Å². The average Bonchev–Trinajstić information content (AvgIpc) is 3.41. The second-order valence-corrected chi connectivity index (χ2v) is 9.28.